The highest BCUT2D eigenvalue weighted by Crippen LogP contribution is 2.30. The van der Waals surface area contributed by atoms with Crippen molar-refractivity contribution >= 4 is 15.9 Å². The van der Waals surface area contributed by atoms with Crippen molar-refractivity contribution < 1.29 is 35.9 Å². The molecule has 158 valence electrons. The molecule has 0 unspecified atom stereocenters. The van der Waals surface area contributed by atoms with Crippen LogP contribution < -0.4 is 19.5 Å². The van der Waals surface area contributed by atoms with Gasteiger partial charge in [-0.2, -0.15) is 13.2 Å². The third-order valence-corrected chi connectivity index (χ3v) is 5.29. The van der Waals surface area contributed by atoms with Crippen LogP contribution in [0.2, 0.25) is 0 Å². The summed E-state index contributed by atoms with van der Waals surface area (Å²) in [6.07, 6.45) is -4.68. The molecule has 0 aliphatic carbocycles. The lowest BCUT2D eigenvalue weighted by Crippen LogP contribution is -2.36. The van der Waals surface area contributed by atoms with Crippen molar-refractivity contribution in [1.82, 2.24) is 10.0 Å². The number of amides is 1. The van der Waals surface area contributed by atoms with Gasteiger partial charge in [-0.25, -0.2) is 13.1 Å². The lowest BCUT2D eigenvalue weighted by atomic mass is 10.1. The first-order valence-corrected chi connectivity index (χ1v) is 9.70. The average molecular weight is 432 g/mol. The maximum absolute atomic E-state index is 12.8. The molecule has 0 atom stereocenters. The van der Waals surface area contributed by atoms with Crippen LogP contribution in [0.25, 0.3) is 0 Å². The van der Waals surface area contributed by atoms with Gasteiger partial charge in [0.15, 0.2) is 0 Å². The molecule has 0 aliphatic rings. The summed E-state index contributed by atoms with van der Waals surface area (Å²) in [5.41, 5.74) is -0.556. The van der Waals surface area contributed by atoms with Gasteiger partial charge in [0, 0.05) is 0 Å². The van der Waals surface area contributed by atoms with Crippen molar-refractivity contribution in [2.24, 2.45) is 0 Å². The Hall–Kier alpha value is -2.79. The first-order valence-electron chi connectivity index (χ1n) is 8.22. The minimum atomic E-state index is -4.68. The van der Waals surface area contributed by atoms with Crippen LogP contribution in [0.1, 0.15) is 11.1 Å². The zero-order valence-electron chi connectivity index (χ0n) is 15.5. The molecule has 0 heterocycles. The molecule has 0 aromatic heterocycles. The van der Waals surface area contributed by atoms with E-state index in [1.807, 2.05) is 4.72 Å². The van der Waals surface area contributed by atoms with Crippen molar-refractivity contribution in [2.75, 3.05) is 20.8 Å². The van der Waals surface area contributed by atoms with Crippen LogP contribution in [0.5, 0.6) is 11.5 Å². The average Bonchev–Trinajstić information content (AvgIpc) is 2.69. The van der Waals surface area contributed by atoms with Crippen LogP contribution in [-0.4, -0.2) is 35.1 Å². The molecule has 0 saturated carbocycles. The van der Waals surface area contributed by atoms with E-state index in [9.17, 15) is 26.4 Å². The predicted octanol–water partition coefficient (Wildman–Crippen LogP) is 2.32. The first-order chi connectivity index (χ1) is 13.6. The number of hydrogen-bond donors (Lipinski definition) is 2. The topological polar surface area (TPSA) is 93.7 Å². The molecule has 7 nitrogen and oxygen atoms in total. The second-order valence-electron chi connectivity index (χ2n) is 5.77. The molecule has 2 rings (SSSR count). The summed E-state index contributed by atoms with van der Waals surface area (Å²) in [7, 11) is -1.41. The quantitative estimate of drug-likeness (QED) is 0.668. The number of rotatable bonds is 8. The van der Waals surface area contributed by atoms with Crippen LogP contribution >= 0.6 is 0 Å². The van der Waals surface area contributed by atoms with E-state index in [-0.39, 0.29) is 6.54 Å². The Kier molecular flexibility index (Phi) is 7.09. The fraction of sp³-hybridized carbons (Fsp3) is 0.278. The van der Waals surface area contributed by atoms with Gasteiger partial charge in [0.25, 0.3) is 0 Å². The van der Waals surface area contributed by atoms with Crippen LogP contribution in [0.3, 0.4) is 0 Å². The van der Waals surface area contributed by atoms with Crippen LogP contribution in [-0.2, 0) is 27.5 Å². The third-order valence-electron chi connectivity index (χ3n) is 3.89. The van der Waals surface area contributed by atoms with Gasteiger partial charge in [-0.1, -0.05) is 12.1 Å². The molecule has 1 amide bonds. The zero-order valence-corrected chi connectivity index (χ0v) is 16.4. The Morgan fingerprint density at radius 3 is 2.17 bits per heavy atom. The number of nitrogens with one attached hydrogen (secondary N) is 2. The van der Waals surface area contributed by atoms with E-state index in [2.05, 4.69) is 5.32 Å². The monoisotopic (exact) mass is 432 g/mol. The van der Waals surface area contributed by atoms with E-state index in [1.54, 1.807) is 18.2 Å². The Morgan fingerprint density at radius 1 is 1.03 bits per heavy atom. The van der Waals surface area contributed by atoms with Crippen LogP contribution in [0, 0.1) is 0 Å². The number of sulfonamides is 1. The van der Waals surface area contributed by atoms with E-state index >= 15 is 0 Å². The molecule has 0 saturated heterocycles. The number of carbonyl (C=O) groups is 1. The number of carbonyl (C=O) groups excluding carboxylic acids is 1. The fourth-order valence-electron chi connectivity index (χ4n) is 2.44. The van der Waals surface area contributed by atoms with Crippen molar-refractivity contribution in [2.45, 2.75) is 17.6 Å². The molecule has 11 heteroatoms. The number of ether oxygens (including phenoxy) is 2. The maximum atomic E-state index is 12.8. The van der Waals surface area contributed by atoms with Crippen molar-refractivity contribution in [3.8, 4) is 11.5 Å². The molecule has 0 radical (unpaired) electrons. The van der Waals surface area contributed by atoms with Gasteiger partial charge in [-0.05, 0) is 30.3 Å². The molecule has 0 aliphatic heterocycles. The highest BCUT2D eigenvalue weighted by molar-refractivity contribution is 7.89. The minimum Gasteiger partial charge on any atom is -0.496 e. The van der Waals surface area contributed by atoms with Gasteiger partial charge in [0.1, 0.15) is 11.5 Å². The summed E-state index contributed by atoms with van der Waals surface area (Å²) in [5, 5.41) is 2.50. The van der Waals surface area contributed by atoms with E-state index < -0.39 is 39.1 Å². The SMILES string of the molecule is COc1cccc(OC)c1CNC(=O)CNS(=O)(=O)c1cccc(C(F)(F)F)c1. The number of benzene rings is 2. The molecule has 0 fully saturated rings. The van der Waals surface area contributed by atoms with Crippen LogP contribution in [0.4, 0.5) is 13.2 Å². The van der Waals surface area contributed by atoms with Crippen molar-refractivity contribution in [3.05, 3.63) is 53.6 Å². The van der Waals surface area contributed by atoms with Gasteiger partial charge in [0.2, 0.25) is 15.9 Å². The normalized spacial score (nSPS) is 11.8. The molecule has 29 heavy (non-hydrogen) atoms. The first kappa shape index (κ1) is 22.5. The minimum absolute atomic E-state index is 0.00267. The van der Waals surface area contributed by atoms with Gasteiger partial charge in [-0.3, -0.25) is 4.79 Å². The lowest BCUT2D eigenvalue weighted by molar-refractivity contribution is -0.137. The molecule has 2 N–H and O–H groups in total. The summed E-state index contributed by atoms with van der Waals surface area (Å²) in [5.74, 6) is 0.247. The highest BCUT2D eigenvalue weighted by atomic mass is 32.2. The molecule has 0 spiro atoms. The fourth-order valence-corrected chi connectivity index (χ4v) is 3.46. The number of halogens is 3. The summed E-state index contributed by atoms with van der Waals surface area (Å²) in [6, 6.07) is 8.28. The standard InChI is InChI=1S/C18H19F3N2O5S/c1-27-15-7-4-8-16(28-2)14(15)10-22-17(24)11-23-29(25,26)13-6-3-5-12(9-13)18(19,20)21/h3-9,23H,10-11H2,1-2H3,(H,22,24). The predicted molar refractivity (Wildman–Crippen MR) is 98.0 cm³/mol. The summed E-state index contributed by atoms with van der Waals surface area (Å²) < 4.78 is 75.0. The number of hydrogen-bond acceptors (Lipinski definition) is 5. The zero-order chi connectivity index (χ0) is 21.7. The molecular weight excluding hydrogens is 413 g/mol. The Labute approximate surface area is 165 Å². The van der Waals surface area contributed by atoms with Crippen molar-refractivity contribution in [1.29, 1.82) is 0 Å². The molecular formula is C18H19F3N2O5S. The van der Waals surface area contributed by atoms with E-state index in [1.165, 1.54) is 14.2 Å². The Bertz CT molecular complexity index is 955. The molecule has 0 bridgehead atoms. The number of methoxy groups -OCH3 is 2. The largest absolute Gasteiger partial charge is 0.496 e. The van der Waals surface area contributed by atoms with Gasteiger partial charge in [0.05, 0.1) is 43.3 Å². The van der Waals surface area contributed by atoms with E-state index in [0.29, 0.717) is 23.1 Å². The third kappa shape index (κ3) is 5.84. The van der Waals surface area contributed by atoms with E-state index in [0.717, 1.165) is 18.2 Å². The van der Waals surface area contributed by atoms with Gasteiger partial charge in [-0.15, -0.1) is 0 Å². The summed E-state index contributed by atoms with van der Waals surface area (Å²) >= 11 is 0. The summed E-state index contributed by atoms with van der Waals surface area (Å²) in [6.45, 7) is -0.659. The van der Waals surface area contributed by atoms with Crippen molar-refractivity contribution in [3.63, 3.8) is 0 Å². The smallest absolute Gasteiger partial charge is 0.416 e. The molecule has 2 aromatic carbocycles. The second-order valence-corrected chi connectivity index (χ2v) is 7.53. The Morgan fingerprint density at radius 2 is 1.62 bits per heavy atom. The molecule has 2 aromatic rings. The highest BCUT2D eigenvalue weighted by Gasteiger charge is 2.31. The lowest BCUT2D eigenvalue weighted by Gasteiger charge is -2.14. The van der Waals surface area contributed by atoms with Gasteiger partial charge < -0.3 is 14.8 Å². The van der Waals surface area contributed by atoms with Gasteiger partial charge >= 0.3 is 6.18 Å². The Balaban J connectivity index is 2.03. The number of alkyl halides is 3. The summed E-state index contributed by atoms with van der Waals surface area (Å²) in [4.78, 5) is 11.4. The van der Waals surface area contributed by atoms with Crippen LogP contribution in [0.15, 0.2) is 47.4 Å². The second kappa shape index (κ2) is 9.14. The maximum Gasteiger partial charge on any atom is 0.416 e. The van der Waals surface area contributed by atoms with E-state index in [4.69, 9.17) is 9.47 Å².